The number of hydrogen-bond donors (Lipinski definition) is 1. The number of rotatable bonds is 2. The van der Waals surface area contributed by atoms with Crippen LogP contribution < -0.4 is 5.56 Å². The molecule has 0 saturated carbocycles. The lowest BCUT2D eigenvalue weighted by Gasteiger charge is -2.27. The van der Waals surface area contributed by atoms with E-state index in [4.69, 9.17) is 0 Å². The minimum absolute atomic E-state index is 0.155. The smallest absolute Gasteiger partial charge is 0.265 e. The first-order valence-electron chi connectivity index (χ1n) is 7.90. The Labute approximate surface area is 138 Å². The summed E-state index contributed by atoms with van der Waals surface area (Å²) in [6.07, 6.45) is 7.32. The Balaban J connectivity index is 1.94. The molecule has 4 rings (SSSR count). The highest BCUT2D eigenvalue weighted by atomic mass is 16.3. The van der Waals surface area contributed by atoms with E-state index in [9.17, 15) is 9.90 Å². The second-order valence-corrected chi connectivity index (χ2v) is 5.85. The van der Waals surface area contributed by atoms with Crippen LogP contribution in [-0.4, -0.2) is 24.6 Å². The van der Waals surface area contributed by atoms with Crippen molar-refractivity contribution in [2.24, 2.45) is 0 Å². The molecule has 0 amide bonds. The van der Waals surface area contributed by atoms with Crippen LogP contribution in [0.3, 0.4) is 0 Å². The molecule has 0 bridgehead atoms. The monoisotopic (exact) mass is 320 g/mol. The number of aromatic hydroxyl groups is 1. The molecule has 120 valence electrons. The second-order valence-electron chi connectivity index (χ2n) is 5.85. The van der Waals surface area contributed by atoms with Crippen LogP contribution in [0, 0.1) is 0 Å². The van der Waals surface area contributed by atoms with Gasteiger partial charge in [-0.1, -0.05) is 30.3 Å². The molecule has 1 aliphatic rings. The number of aromatic nitrogens is 4. The molecule has 0 saturated heterocycles. The van der Waals surface area contributed by atoms with Crippen molar-refractivity contribution in [3.8, 4) is 17.0 Å². The highest BCUT2D eigenvalue weighted by Gasteiger charge is 2.27. The van der Waals surface area contributed by atoms with E-state index in [2.05, 4.69) is 15.0 Å². The van der Waals surface area contributed by atoms with E-state index in [1.807, 2.05) is 18.2 Å². The summed E-state index contributed by atoms with van der Waals surface area (Å²) in [4.78, 5) is 25.6. The van der Waals surface area contributed by atoms with Crippen LogP contribution in [0.2, 0.25) is 0 Å². The molecule has 1 aromatic carbocycles. The first-order chi connectivity index (χ1) is 11.8. The normalized spacial score (nSPS) is 16.6. The SMILES string of the molecule is O=c1c(-c2ccccc2)c(O)nc2n1C(c1cncnc1)CCC2. The first-order valence-corrected chi connectivity index (χ1v) is 7.90. The molecule has 24 heavy (non-hydrogen) atoms. The lowest BCUT2D eigenvalue weighted by Crippen LogP contribution is -2.33. The summed E-state index contributed by atoms with van der Waals surface area (Å²) in [7, 11) is 0. The van der Waals surface area contributed by atoms with Crippen molar-refractivity contribution < 1.29 is 5.11 Å². The van der Waals surface area contributed by atoms with E-state index in [-0.39, 0.29) is 23.0 Å². The molecule has 0 fully saturated rings. The third-order valence-electron chi connectivity index (χ3n) is 4.39. The summed E-state index contributed by atoms with van der Waals surface area (Å²) in [5, 5.41) is 10.3. The van der Waals surface area contributed by atoms with Crippen molar-refractivity contribution in [2.75, 3.05) is 0 Å². The predicted octanol–water partition coefficient (Wildman–Crippen LogP) is 2.33. The van der Waals surface area contributed by atoms with Crippen molar-refractivity contribution in [1.29, 1.82) is 0 Å². The second kappa shape index (κ2) is 5.88. The maximum Gasteiger partial charge on any atom is 0.265 e. The molecule has 3 aromatic rings. The molecule has 1 N–H and O–H groups in total. The third kappa shape index (κ3) is 2.36. The molecule has 6 heteroatoms. The average Bonchev–Trinajstić information content (AvgIpc) is 2.63. The quantitative estimate of drug-likeness (QED) is 0.784. The van der Waals surface area contributed by atoms with Crippen LogP contribution in [0.1, 0.15) is 30.3 Å². The van der Waals surface area contributed by atoms with Gasteiger partial charge in [-0.15, -0.1) is 0 Å². The summed E-state index contributed by atoms with van der Waals surface area (Å²) in [5.74, 6) is 0.402. The van der Waals surface area contributed by atoms with E-state index in [1.54, 1.807) is 29.1 Å². The molecule has 2 aromatic heterocycles. The van der Waals surface area contributed by atoms with Crippen LogP contribution in [-0.2, 0) is 6.42 Å². The minimum Gasteiger partial charge on any atom is -0.493 e. The van der Waals surface area contributed by atoms with E-state index in [1.165, 1.54) is 6.33 Å². The van der Waals surface area contributed by atoms with E-state index < -0.39 is 0 Å². The fourth-order valence-electron chi connectivity index (χ4n) is 3.30. The van der Waals surface area contributed by atoms with Gasteiger partial charge < -0.3 is 5.11 Å². The lowest BCUT2D eigenvalue weighted by molar-refractivity contribution is 0.399. The molecular formula is C18H16N4O2. The zero-order valence-electron chi connectivity index (χ0n) is 13.0. The third-order valence-corrected chi connectivity index (χ3v) is 4.39. The summed E-state index contributed by atoms with van der Waals surface area (Å²) in [5.41, 5.74) is 1.56. The summed E-state index contributed by atoms with van der Waals surface area (Å²) in [6, 6.07) is 8.98. The van der Waals surface area contributed by atoms with Gasteiger partial charge in [-0.25, -0.2) is 9.97 Å². The molecular weight excluding hydrogens is 304 g/mol. The largest absolute Gasteiger partial charge is 0.493 e. The maximum atomic E-state index is 13.1. The molecule has 1 aliphatic heterocycles. The molecule has 1 unspecified atom stereocenters. The molecule has 0 aliphatic carbocycles. The zero-order chi connectivity index (χ0) is 16.5. The van der Waals surface area contributed by atoms with Crippen molar-refractivity contribution in [3.05, 3.63) is 70.8 Å². The average molecular weight is 320 g/mol. The van der Waals surface area contributed by atoms with Gasteiger partial charge in [-0.2, -0.15) is 4.98 Å². The van der Waals surface area contributed by atoms with Crippen LogP contribution in [0.5, 0.6) is 5.88 Å². The molecule has 3 heterocycles. The molecule has 1 atom stereocenters. The molecule has 6 nitrogen and oxygen atoms in total. The number of hydrogen-bond acceptors (Lipinski definition) is 5. The van der Waals surface area contributed by atoms with E-state index in [0.29, 0.717) is 17.8 Å². The summed E-state index contributed by atoms with van der Waals surface area (Å²) >= 11 is 0. The Morgan fingerprint density at radius 2 is 1.88 bits per heavy atom. The Morgan fingerprint density at radius 3 is 2.62 bits per heavy atom. The predicted molar refractivity (Wildman–Crippen MR) is 88.7 cm³/mol. The Morgan fingerprint density at radius 1 is 1.12 bits per heavy atom. The van der Waals surface area contributed by atoms with Gasteiger partial charge in [0.1, 0.15) is 17.7 Å². The van der Waals surface area contributed by atoms with Crippen LogP contribution in [0.4, 0.5) is 0 Å². The van der Waals surface area contributed by atoms with Gasteiger partial charge in [0.05, 0.1) is 6.04 Å². The number of fused-ring (bicyclic) bond motifs is 1. The van der Waals surface area contributed by atoms with Gasteiger partial charge in [0, 0.05) is 24.4 Å². The Kier molecular flexibility index (Phi) is 3.57. The summed E-state index contributed by atoms with van der Waals surface area (Å²) < 4.78 is 1.68. The first kappa shape index (κ1) is 14.6. The lowest BCUT2D eigenvalue weighted by atomic mass is 9.98. The Hall–Kier alpha value is -3.02. The van der Waals surface area contributed by atoms with Gasteiger partial charge in [-0.3, -0.25) is 9.36 Å². The highest BCUT2D eigenvalue weighted by molar-refractivity contribution is 5.67. The minimum atomic E-state index is -0.225. The number of aryl methyl sites for hydroxylation is 1. The fourth-order valence-corrected chi connectivity index (χ4v) is 3.30. The van der Waals surface area contributed by atoms with Crippen molar-refractivity contribution >= 4 is 0 Å². The zero-order valence-corrected chi connectivity index (χ0v) is 13.0. The fraction of sp³-hybridized carbons (Fsp3) is 0.222. The van der Waals surface area contributed by atoms with Crippen LogP contribution in [0.15, 0.2) is 53.8 Å². The van der Waals surface area contributed by atoms with Gasteiger partial charge >= 0.3 is 0 Å². The van der Waals surface area contributed by atoms with Crippen molar-refractivity contribution in [3.63, 3.8) is 0 Å². The summed E-state index contributed by atoms with van der Waals surface area (Å²) in [6.45, 7) is 0. The topological polar surface area (TPSA) is 80.9 Å². The van der Waals surface area contributed by atoms with Crippen molar-refractivity contribution in [1.82, 2.24) is 19.5 Å². The van der Waals surface area contributed by atoms with Crippen molar-refractivity contribution in [2.45, 2.75) is 25.3 Å². The van der Waals surface area contributed by atoms with E-state index in [0.717, 1.165) is 18.4 Å². The van der Waals surface area contributed by atoms with Gasteiger partial charge in [0.2, 0.25) is 5.88 Å². The van der Waals surface area contributed by atoms with Gasteiger partial charge in [0.25, 0.3) is 5.56 Å². The molecule has 0 spiro atoms. The van der Waals surface area contributed by atoms with E-state index >= 15 is 0 Å². The highest BCUT2D eigenvalue weighted by Crippen LogP contribution is 2.31. The van der Waals surface area contributed by atoms with Crippen LogP contribution >= 0.6 is 0 Å². The number of benzene rings is 1. The standard InChI is InChI=1S/C18H16N4O2/c23-17-16(12-5-2-1-3-6-12)18(24)22-14(7-4-8-15(22)21-17)13-9-19-11-20-10-13/h1-3,5-6,9-11,14,23H,4,7-8H2. The Bertz CT molecular complexity index is 923. The van der Waals surface area contributed by atoms with Gasteiger partial charge in [0.15, 0.2) is 0 Å². The van der Waals surface area contributed by atoms with Gasteiger partial charge in [-0.05, 0) is 18.4 Å². The molecule has 0 radical (unpaired) electrons. The van der Waals surface area contributed by atoms with Crippen LogP contribution in [0.25, 0.3) is 11.1 Å². The maximum absolute atomic E-state index is 13.1. The number of nitrogens with zero attached hydrogens (tertiary/aromatic N) is 4.